The lowest BCUT2D eigenvalue weighted by atomic mass is 10.2. The maximum atomic E-state index is 11.9. The van der Waals surface area contributed by atoms with E-state index in [4.69, 9.17) is 4.74 Å². The Labute approximate surface area is 121 Å². The number of amides is 1. The van der Waals surface area contributed by atoms with E-state index in [9.17, 15) is 4.79 Å². The van der Waals surface area contributed by atoms with Gasteiger partial charge in [-0.3, -0.25) is 4.79 Å². The molecule has 1 fully saturated rings. The molecular formula is C16H24N2O2. The molecule has 0 saturated carbocycles. The Morgan fingerprint density at radius 1 is 1.35 bits per heavy atom. The number of ether oxygens (including phenoxy) is 1. The maximum absolute atomic E-state index is 11.9. The molecule has 0 unspecified atom stereocenters. The Balaban J connectivity index is 1.82. The normalized spacial score (nSPS) is 14.8. The van der Waals surface area contributed by atoms with E-state index in [1.165, 1.54) is 5.56 Å². The summed E-state index contributed by atoms with van der Waals surface area (Å²) in [7, 11) is 0. The van der Waals surface area contributed by atoms with Gasteiger partial charge in [0.2, 0.25) is 0 Å². The smallest absolute Gasteiger partial charge is 0.260 e. The average Bonchev–Trinajstić information content (AvgIpc) is 2.97. The van der Waals surface area contributed by atoms with E-state index in [1.807, 2.05) is 23.1 Å². The lowest BCUT2D eigenvalue weighted by Crippen LogP contribution is -2.32. The van der Waals surface area contributed by atoms with Crippen molar-refractivity contribution in [2.45, 2.75) is 39.3 Å². The first-order chi connectivity index (χ1) is 9.65. The predicted molar refractivity (Wildman–Crippen MR) is 79.7 cm³/mol. The zero-order valence-corrected chi connectivity index (χ0v) is 12.4. The van der Waals surface area contributed by atoms with Gasteiger partial charge < -0.3 is 15.0 Å². The van der Waals surface area contributed by atoms with Crippen LogP contribution in [0.4, 0.5) is 0 Å². The van der Waals surface area contributed by atoms with Crippen LogP contribution in [0.2, 0.25) is 0 Å². The standard InChI is InChI=1S/C16H24N2O2/c1-13(2)17-11-14-6-5-7-15(10-14)20-12-16(19)18-8-3-4-9-18/h5-7,10,13,17H,3-4,8-9,11-12H2,1-2H3. The van der Waals surface area contributed by atoms with Gasteiger partial charge in [-0.15, -0.1) is 0 Å². The number of hydrogen-bond donors (Lipinski definition) is 1. The Hall–Kier alpha value is -1.55. The Bertz CT molecular complexity index is 440. The van der Waals surface area contributed by atoms with Crippen molar-refractivity contribution in [3.05, 3.63) is 29.8 Å². The van der Waals surface area contributed by atoms with Gasteiger partial charge in [0.25, 0.3) is 5.91 Å². The zero-order chi connectivity index (χ0) is 14.4. The Morgan fingerprint density at radius 2 is 2.10 bits per heavy atom. The molecule has 0 atom stereocenters. The van der Waals surface area contributed by atoms with Crippen molar-refractivity contribution in [2.24, 2.45) is 0 Å². The molecule has 1 saturated heterocycles. The minimum Gasteiger partial charge on any atom is -0.484 e. The molecule has 4 nitrogen and oxygen atoms in total. The van der Waals surface area contributed by atoms with Crippen molar-refractivity contribution in [2.75, 3.05) is 19.7 Å². The monoisotopic (exact) mass is 276 g/mol. The van der Waals surface area contributed by atoms with E-state index in [-0.39, 0.29) is 12.5 Å². The zero-order valence-electron chi connectivity index (χ0n) is 12.4. The minimum absolute atomic E-state index is 0.0909. The van der Waals surface area contributed by atoms with Gasteiger partial charge in [0.1, 0.15) is 5.75 Å². The molecule has 110 valence electrons. The maximum Gasteiger partial charge on any atom is 0.260 e. The van der Waals surface area contributed by atoms with Gasteiger partial charge in [0.15, 0.2) is 6.61 Å². The van der Waals surface area contributed by atoms with Crippen LogP contribution in [0.1, 0.15) is 32.3 Å². The number of carbonyl (C=O) groups excluding carboxylic acids is 1. The highest BCUT2D eigenvalue weighted by Gasteiger charge is 2.18. The first kappa shape index (κ1) is 14.9. The van der Waals surface area contributed by atoms with Crippen LogP contribution in [-0.2, 0) is 11.3 Å². The van der Waals surface area contributed by atoms with Crippen LogP contribution < -0.4 is 10.1 Å². The molecular weight excluding hydrogens is 252 g/mol. The molecule has 4 heteroatoms. The van der Waals surface area contributed by atoms with E-state index in [0.717, 1.165) is 38.2 Å². The van der Waals surface area contributed by atoms with Crippen LogP contribution in [0, 0.1) is 0 Å². The second-order valence-electron chi connectivity index (χ2n) is 5.56. The lowest BCUT2D eigenvalue weighted by molar-refractivity contribution is -0.132. The second kappa shape index (κ2) is 7.29. The van der Waals surface area contributed by atoms with Gasteiger partial charge in [0, 0.05) is 25.7 Å². The quantitative estimate of drug-likeness (QED) is 0.866. The highest BCUT2D eigenvalue weighted by Crippen LogP contribution is 2.14. The van der Waals surface area contributed by atoms with Gasteiger partial charge in [-0.1, -0.05) is 26.0 Å². The summed E-state index contributed by atoms with van der Waals surface area (Å²) in [6, 6.07) is 8.37. The van der Waals surface area contributed by atoms with Crippen molar-refractivity contribution in [3.63, 3.8) is 0 Å². The molecule has 1 aromatic rings. The molecule has 20 heavy (non-hydrogen) atoms. The summed E-state index contributed by atoms with van der Waals surface area (Å²) in [5.74, 6) is 0.855. The van der Waals surface area contributed by atoms with Gasteiger partial charge in [-0.05, 0) is 30.5 Å². The molecule has 1 N–H and O–H groups in total. The molecule has 0 spiro atoms. The fourth-order valence-corrected chi connectivity index (χ4v) is 2.27. The molecule has 0 aliphatic carbocycles. The third kappa shape index (κ3) is 4.53. The first-order valence-corrected chi connectivity index (χ1v) is 7.38. The van der Waals surface area contributed by atoms with Crippen LogP contribution in [0.5, 0.6) is 5.75 Å². The summed E-state index contributed by atoms with van der Waals surface area (Å²) in [4.78, 5) is 13.8. The summed E-state index contributed by atoms with van der Waals surface area (Å²) in [5, 5.41) is 3.37. The fraction of sp³-hybridized carbons (Fsp3) is 0.562. The predicted octanol–water partition coefficient (Wildman–Crippen LogP) is 2.19. The Kier molecular flexibility index (Phi) is 5.41. The SMILES string of the molecule is CC(C)NCc1cccc(OCC(=O)N2CCCC2)c1. The second-order valence-corrected chi connectivity index (χ2v) is 5.56. The number of nitrogens with one attached hydrogen (secondary N) is 1. The van der Waals surface area contributed by atoms with Gasteiger partial charge in [-0.25, -0.2) is 0 Å². The van der Waals surface area contributed by atoms with Crippen LogP contribution >= 0.6 is 0 Å². The van der Waals surface area contributed by atoms with Gasteiger partial charge in [-0.2, -0.15) is 0 Å². The van der Waals surface area contributed by atoms with Crippen molar-refractivity contribution in [1.29, 1.82) is 0 Å². The highest BCUT2D eigenvalue weighted by atomic mass is 16.5. The van der Waals surface area contributed by atoms with Crippen molar-refractivity contribution < 1.29 is 9.53 Å². The molecule has 0 bridgehead atoms. The summed E-state index contributed by atoms with van der Waals surface area (Å²) >= 11 is 0. The van der Waals surface area contributed by atoms with Gasteiger partial charge >= 0.3 is 0 Å². The number of benzene rings is 1. The van der Waals surface area contributed by atoms with Gasteiger partial charge in [0.05, 0.1) is 0 Å². The van der Waals surface area contributed by atoms with Crippen molar-refractivity contribution >= 4 is 5.91 Å². The largest absolute Gasteiger partial charge is 0.484 e. The number of hydrogen-bond acceptors (Lipinski definition) is 3. The minimum atomic E-state index is 0.0909. The molecule has 1 aliphatic heterocycles. The molecule has 1 aliphatic rings. The molecule has 0 aromatic heterocycles. The van der Waals surface area contributed by atoms with Crippen LogP contribution in [-0.4, -0.2) is 36.5 Å². The highest BCUT2D eigenvalue weighted by molar-refractivity contribution is 5.78. The lowest BCUT2D eigenvalue weighted by Gasteiger charge is -2.16. The van der Waals surface area contributed by atoms with Crippen molar-refractivity contribution in [3.8, 4) is 5.75 Å². The van der Waals surface area contributed by atoms with Crippen LogP contribution in [0.3, 0.4) is 0 Å². The third-order valence-electron chi connectivity index (χ3n) is 3.43. The third-order valence-corrected chi connectivity index (χ3v) is 3.43. The van der Waals surface area contributed by atoms with E-state index >= 15 is 0 Å². The summed E-state index contributed by atoms with van der Waals surface area (Å²) in [6.07, 6.45) is 2.23. The van der Waals surface area contributed by atoms with E-state index in [2.05, 4.69) is 25.2 Å². The first-order valence-electron chi connectivity index (χ1n) is 7.38. The number of nitrogens with zero attached hydrogens (tertiary/aromatic N) is 1. The summed E-state index contributed by atoms with van der Waals surface area (Å²) in [6.45, 7) is 6.95. The van der Waals surface area contributed by atoms with E-state index < -0.39 is 0 Å². The van der Waals surface area contributed by atoms with Crippen molar-refractivity contribution in [1.82, 2.24) is 10.2 Å². The summed E-state index contributed by atoms with van der Waals surface area (Å²) in [5.41, 5.74) is 1.17. The number of carbonyl (C=O) groups is 1. The average molecular weight is 276 g/mol. The molecule has 0 radical (unpaired) electrons. The molecule has 2 rings (SSSR count). The van der Waals surface area contributed by atoms with Crippen LogP contribution in [0.15, 0.2) is 24.3 Å². The molecule has 1 amide bonds. The molecule has 1 heterocycles. The fourth-order valence-electron chi connectivity index (χ4n) is 2.27. The molecule has 1 aromatic carbocycles. The summed E-state index contributed by atoms with van der Waals surface area (Å²) < 4.78 is 5.61. The van der Waals surface area contributed by atoms with Crippen LogP contribution in [0.25, 0.3) is 0 Å². The number of likely N-dealkylation sites (tertiary alicyclic amines) is 1. The number of rotatable bonds is 6. The van der Waals surface area contributed by atoms with E-state index in [1.54, 1.807) is 0 Å². The van der Waals surface area contributed by atoms with E-state index in [0.29, 0.717) is 6.04 Å². The topological polar surface area (TPSA) is 41.6 Å². The Morgan fingerprint density at radius 3 is 2.80 bits per heavy atom.